The normalized spacial score (nSPS) is 11.2. The molecular formula is C48H34N2. The highest BCUT2D eigenvalue weighted by atomic mass is 15.1. The Balaban J connectivity index is 1.10. The lowest BCUT2D eigenvalue weighted by Gasteiger charge is -2.26. The van der Waals surface area contributed by atoms with Crippen LogP contribution in [0.3, 0.4) is 0 Å². The van der Waals surface area contributed by atoms with Gasteiger partial charge in [0, 0.05) is 34.0 Å². The zero-order valence-corrected chi connectivity index (χ0v) is 27.5. The van der Waals surface area contributed by atoms with Gasteiger partial charge in [-0.05, 0) is 110 Å². The van der Waals surface area contributed by atoms with Gasteiger partial charge in [0.1, 0.15) is 0 Å². The predicted octanol–water partition coefficient (Wildman–Crippen LogP) is 13.7. The van der Waals surface area contributed by atoms with E-state index in [4.69, 9.17) is 0 Å². The van der Waals surface area contributed by atoms with E-state index in [-0.39, 0.29) is 0 Å². The number of anilines is 5. The number of hydrogen-bond donors (Lipinski definition) is 1. The smallest absolute Gasteiger partial charge is 0.0464 e. The molecule has 9 aromatic carbocycles. The number of fused-ring (bicyclic) bond motifs is 5. The van der Waals surface area contributed by atoms with E-state index in [9.17, 15) is 0 Å². The maximum atomic E-state index is 3.78. The van der Waals surface area contributed by atoms with Crippen LogP contribution >= 0.6 is 0 Å². The van der Waals surface area contributed by atoms with Gasteiger partial charge in [0.2, 0.25) is 0 Å². The van der Waals surface area contributed by atoms with Crippen molar-refractivity contribution in [3.8, 4) is 22.3 Å². The summed E-state index contributed by atoms with van der Waals surface area (Å²) in [4.78, 5) is 2.30. The molecule has 1 N–H and O–H groups in total. The topological polar surface area (TPSA) is 15.3 Å². The van der Waals surface area contributed by atoms with Gasteiger partial charge in [0.15, 0.2) is 0 Å². The molecule has 2 nitrogen and oxygen atoms in total. The molecule has 0 fully saturated rings. The number of para-hydroxylation sites is 2. The van der Waals surface area contributed by atoms with Crippen molar-refractivity contribution in [1.82, 2.24) is 0 Å². The lowest BCUT2D eigenvalue weighted by molar-refractivity contribution is 1.28. The van der Waals surface area contributed by atoms with Crippen LogP contribution in [-0.4, -0.2) is 0 Å². The minimum absolute atomic E-state index is 1.03. The van der Waals surface area contributed by atoms with Crippen molar-refractivity contribution in [2.24, 2.45) is 0 Å². The molecule has 9 aromatic rings. The van der Waals surface area contributed by atoms with E-state index in [1.54, 1.807) is 0 Å². The summed E-state index contributed by atoms with van der Waals surface area (Å²) in [6, 6.07) is 71.6. The summed E-state index contributed by atoms with van der Waals surface area (Å²) in [5.41, 5.74) is 10.2. The summed E-state index contributed by atoms with van der Waals surface area (Å²) >= 11 is 0. The second kappa shape index (κ2) is 12.8. The summed E-state index contributed by atoms with van der Waals surface area (Å²) in [5, 5.41) is 11.4. The first-order valence-corrected chi connectivity index (χ1v) is 17.1. The van der Waals surface area contributed by atoms with E-state index in [2.05, 4.69) is 210 Å². The van der Waals surface area contributed by atoms with Gasteiger partial charge in [-0.15, -0.1) is 0 Å². The Kier molecular flexibility index (Phi) is 7.53. The minimum Gasteiger partial charge on any atom is -0.355 e. The molecule has 0 radical (unpaired) electrons. The van der Waals surface area contributed by atoms with E-state index < -0.39 is 0 Å². The molecule has 236 valence electrons. The van der Waals surface area contributed by atoms with Gasteiger partial charge >= 0.3 is 0 Å². The van der Waals surface area contributed by atoms with Gasteiger partial charge < -0.3 is 10.2 Å². The quantitative estimate of drug-likeness (QED) is 0.175. The van der Waals surface area contributed by atoms with E-state index in [1.165, 1.54) is 54.6 Å². The standard InChI is InChI=1S/C48H34N2/c1-3-13-34(14-4-1)35-23-28-40(29-24-35)50(39-17-5-2-6-18-39)41-30-26-38(27-31-41)49-47-22-12-11-21-44(47)46-33-37-16-8-9-19-42(37)45-32-25-36-15-7-10-20-43(36)48(45)46/h1-33,49H. The zero-order chi connectivity index (χ0) is 33.3. The maximum absolute atomic E-state index is 3.78. The molecule has 0 saturated carbocycles. The van der Waals surface area contributed by atoms with Crippen LogP contribution in [0.5, 0.6) is 0 Å². The molecule has 0 aliphatic rings. The highest BCUT2D eigenvalue weighted by Gasteiger charge is 2.16. The molecule has 0 aromatic heterocycles. The lowest BCUT2D eigenvalue weighted by Crippen LogP contribution is -2.09. The molecule has 9 rings (SSSR count). The summed E-state index contributed by atoms with van der Waals surface area (Å²) < 4.78 is 0. The fraction of sp³-hybridized carbons (Fsp3) is 0. The van der Waals surface area contributed by atoms with Gasteiger partial charge in [-0.2, -0.15) is 0 Å². The summed E-state index contributed by atoms with van der Waals surface area (Å²) in [5.74, 6) is 0. The Labute approximate surface area is 292 Å². The van der Waals surface area contributed by atoms with E-state index in [1.807, 2.05) is 0 Å². The Morgan fingerprint density at radius 1 is 0.340 bits per heavy atom. The van der Waals surface area contributed by atoms with Crippen molar-refractivity contribution in [2.45, 2.75) is 0 Å². The molecule has 0 unspecified atom stereocenters. The third-order valence-corrected chi connectivity index (χ3v) is 9.62. The average Bonchev–Trinajstić information content (AvgIpc) is 3.19. The molecule has 50 heavy (non-hydrogen) atoms. The van der Waals surface area contributed by atoms with Crippen molar-refractivity contribution in [1.29, 1.82) is 0 Å². The lowest BCUT2D eigenvalue weighted by atomic mass is 9.89. The summed E-state index contributed by atoms with van der Waals surface area (Å²) in [7, 11) is 0. The van der Waals surface area contributed by atoms with Crippen molar-refractivity contribution in [2.75, 3.05) is 10.2 Å². The van der Waals surface area contributed by atoms with Gasteiger partial charge in [0.05, 0.1) is 0 Å². The van der Waals surface area contributed by atoms with Crippen molar-refractivity contribution in [3.05, 3.63) is 200 Å². The Morgan fingerprint density at radius 2 is 0.900 bits per heavy atom. The fourth-order valence-electron chi connectivity index (χ4n) is 7.23. The van der Waals surface area contributed by atoms with E-state index >= 15 is 0 Å². The highest BCUT2D eigenvalue weighted by molar-refractivity contribution is 6.23. The van der Waals surface area contributed by atoms with Crippen LogP contribution in [0.4, 0.5) is 28.4 Å². The van der Waals surface area contributed by atoms with E-state index in [0.717, 1.165) is 28.4 Å². The minimum atomic E-state index is 1.03. The molecule has 0 atom stereocenters. The van der Waals surface area contributed by atoms with Crippen LogP contribution in [-0.2, 0) is 0 Å². The number of rotatable bonds is 7. The van der Waals surface area contributed by atoms with E-state index in [0.29, 0.717) is 0 Å². The first-order valence-electron chi connectivity index (χ1n) is 17.1. The number of nitrogens with zero attached hydrogens (tertiary/aromatic N) is 1. The molecule has 0 heterocycles. The molecule has 2 heteroatoms. The zero-order valence-electron chi connectivity index (χ0n) is 27.5. The molecule has 0 amide bonds. The third kappa shape index (κ3) is 5.43. The number of nitrogens with one attached hydrogen (secondary N) is 1. The average molecular weight is 639 g/mol. The summed E-state index contributed by atoms with van der Waals surface area (Å²) in [6.45, 7) is 0. The predicted molar refractivity (Wildman–Crippen MR) is 214 cm³/mol. The summed E-state index contributed by atoms with van der Waals surface area (Å²) in [6.07, 6.45) is 0. The first-order chi connectivity index (χ1) is 24.8. The second-order valence-electron chi connectivity index (χ2n) is 12.7. The van der Waals surface area contributed by atoms with Crippen LogP contribution in [0.25, 0.3) is 54.6 Å². The SMILES string of the molecule is c1ccc(-c2ccc(N(c3ccccc3)c3ccc(Nc4ccccc4-c4cc5ccccc5c5ccc6ccccc6c45)cc3)cc2)cc1. The van der Waals surface area contributed by atoms with Crippen molar-refractivity contribution >= 4 is 60.8 Å². The Morgan fingerprint density at radius 3 is 1.66 bits per heavy atom. The van der Waals surface area contributed by atoms with Crippen molar-refractivity contribution < 1.29 is 0 Å². The van der Waals surface area contributed by atoms with Crippen LogP contribution in [0, 0.1) is 0 Å². The van der Waals surface area contributed by atoms with Gasteiger partial charge in [-0.25, -0.2) is 0 Å². The van der Waals surface area contributed by atoms with Crippen LogP contribution < -0.4 is 10.2 Å². The number of benzene rings is 9. The van der Waals surface area contributed by atoms with Crippen LogP contribution in [0.15, 0.2) is 200 Å². The molecule has 0 spiro atoms. The van der Waals surface area contributed by atoms with Crippen molar-refractivity contribution in [3.63, 3.8) is 0 Å². The Hall–Kier alpha value is -6.64. The largest absolute Gasteiger partial charge is 0.355 e. The maximum Gasteiger partial charge on any atom is 0.0464 e. The molecule has 0 aliphatic carbocycles. The van der Waals surface area contributed by atoms with Crippen LogP contribution in [0.1, 0.15) is 0 Å². The fourth-order valence-corrected chi connectivity index (χ4v) is 7.23. The van der Waals surface area contributed by atoms with Crippen LogP contribution in [0.2, 0.25) is 0 Å². The first kappa shape index (κ1) is 29.5. The molecule has 0 saturated heterocycles. The molecule has 0 bridgehead atoms. The highest BCUT2D eigenvalue weighted by Crippen LogP contribution is 2.42. The third-order valence-electron chi connectivity index (χ3n) is 9.62. The van der Waals surface area contributed by atoms with Gasteiger partial charge in [0.25, 0.3) is 0 Å². The van der Waals surface area contributed by atoms with Gasteiger partial charge in [-0.3, -0.25) is 0 Å². The number of hydrogen-bond acceptors (Lipinski definition) is 2. The van der Waals surface area contributed by atoms with Gasteiger partial charge in [-0.1, -0.05) is 140 Å². The monoisotopic (exact) mass is 638 g/mol. The molecular weight excluding hydrogens is 605 g/mol. The molecule has 0 aliphatic heterocycles. The Bertz CT molecular complexity index is 2590. The second-order valence-corrected chi connectivity index (χ2v) is 12.7.